The Morgan fingerprint density at radius 2 is 1.62 bits per heavy atom. The number of ketones is 1. The summed E-state index contributed by atoms with van der Waals surface area (Å²) in [6.45, 7) is 1.88. The Balaban J connectivity index is 1.66. The van der Waals surface area contributed by atoms with Crippen LogP contribution in [0.2, 0.25) is 0 Å². The monoisotopic (exact) mass is 321 g/mol. The number of carbonyl (C=O) groups excluding carboxylic acids is 3. The first-order valence-corrected chi connectivity index (χ1v) is 7.34. The average Bonchev–Trinajstić information content (AvgIpc) is 3.03. The van der Waals surface area contributed by atoms with Gasteiger partial charge in [-0.2, -0.15) is 0 Å². The van der Waals surface area contributed by atoms with Crippen LogP contribution in [0.25, 0.3) is 10.9 Å². The highest BCUT2D eigenvalue weighted by Gasteiger charge is 2.18. The van der Waals surface area contributed by atoms with Gasteiger partial charge in [0.25, 0.3) is 11.7 Å². The van der Waals surface area contributed by atoms with E-state index in [1.165, 1.54) is 0 Å². The van der Waals surface area contributed by atoms with Crippen LogP contribution in [0.5, 0.6) is 0 Å². The van der Waals surface area contributed by atoms with Gasteiger partial charge in [0.15, 0.2) is 0 Å². The van der Waals surface area contributed by atoms with Crippen LogP contribution in [-0.4, -0.2) is 22.6 Å². The summed E-state index contributed by atoms with van der Waals surface area (Å²) in [6, 6.07) is 13.9. The van der Waals surface area contributed by atoms with Crippen molar-refractivity contribution in [3.63, 3.8) is 0 Å². The van der Waals surface area contributed by atoms with Crippen LogP contribution in [0.15, 0.2) is 54.7 Å². The molecule has 1 aromatic heterocycles. The summed E-state index contributed by atoms with van der Waals surface area (Å²) in [5.41, 5.74) is 6.85. The number of hydrazine groups is 1. The molecule has 0 radical (unpaired) electrons. The van der Waals surface area contributed by atoms with Crippen molar-refractivity contribution in [3.8, 4) is 0 Å². The molecule has 120 valence electrons. The number of H-pyrrole nitrogens is 1. The molecule has 0 atom stereocenters. The quantitative estimate of drug-likeness (QED) is 0.392. The second kappa shape index (κ2) is 6.37. The van der Waals surface area contributed by atoms with Crippen LogP contribution in [-0.2, 0) is 4.79 Å². The van der Waals surface area contributed by atoms with E-state index in [0.717, 1.165) is 16.5 Å². The highest BCUT2D eigenvalue weighted by molar-refractivity contribution is 6.42. The van der Waals surface area contributed by atoms with Crippen molar-refractivity contribution >= 4 is 28.5 Å². The lowest BCUT2D eigenvalue weighted by molar-refractivity contribution is -0.117. The minimum Gasteiger partial charge on any atom is -0.360 e. The number of nitrogens with one attached hydrogen (secondary N) is 3. The molecule has 0 saturated carbocycles. The summed E-state index contributed by atoms with van der Waals surface area (Å²) < 4.78 is 0. The lowest BCUT2D eigenvalue weighted by Gasteiger charge is -2.06. The number of hydrogen-bond acceptors (Lipinski definition) is 3. The number of aryl methyl sites for hydroxylation is 1. The molecule has 0 aliphatic heterocycles. The molecule has 1 heterocycles. The fourth-order valence-corrected chi connectivity index (χ4v) is 2.33. The van der Waals surface area contributed by atoms with Crippen LogP contribution >= 0.6 is 0 Å². The predicted molar refractivity (Wildman–Crippen MR) is 89.4 cm³/mol. The molecule has 0 aliphatic rings. The Morgan fingerprint density at radius 1 is 0.917 bits per heavy atom. The Morgan fingerprint density at radius 3 is 2.38 bits per heavy atom. The first-order chi connectivity index (χ1) is 11.6. The summed E-state index contributed by atoms with van der Waals surface area (Å²) in [4.78, 5) is 39.0. The molecule has 6 heteroatoms. The van der Waals surface area contributed by atoms with E-state index in [4.69, 9.17) is 0 Å². The first kappa shape index (κ1) is 15.5. The molecule has 0 bridgehead atoms. The molecule has 24 heavy (non-hydrogen) atoms. The third-order valence-corrected chi connectivity index (χ3v) is 3.64. The van der Waals surface area contributed by atoms with E-state index in [0.29, 0.717) is 5.56 Å². The molecule has 6 nitrogen and oxygen atoms in total. The zero-order chi connectivity index (χ0) is 17.1. The van der Waals surface area contributed by atoms with Gasteiger partial charge in [0.1, 0.15) is 0 Å². The molecule has 0 saturated heterocycles. The summed E-state index contributed by atoms with van der Waals surface area (Å²) in [5.74, 6) is -2.11. The predicted octanol–water partition coefficient (Wildman–Crippen LogP) is 2.12. The number of amides is 2. The number of carbonyl (C=O) groups is 3. The second-order valence-electron chi connectivity index (χ2n) is 5.35. The Hall–Kier alpha value is -3.41. The third kappa shape index (κ3) is 3.03. The zero-order valence-corrected chi connectivity index (χ0v) is 12.9. The summed E-state index contributed by atoms with van der Waals surface area (Å²) in [5, 5.41) is 0.731. The van der Waals surface area contributed by atoms with Gasteiger partial charge in [0.2, 0.25) is 0 Å². The maximum atomic E-state index is 12.2. The van der Waals surface area contributed by atoms with Crippen molar-refractivity contribution in [2.24, 2.45) is 0 Å². The maximum Gasteiger partial charge on any atom is 0.310 e. The largest absolute Gasteiger partial charge is 0.360 e. The number of fused-ring (bicyclic) bond motifs is 1. The van der Waals surface area contributed by atoms with Gasteiger partial charge in [-0.25, -0.2) is 0 Å². The van der Waals surface area contributed by atoms with E-state index in [9.17, 15) is 14.4 Å². The van der Waals surface area contributed by atoms with Crippen molar-refractivity contribution in [1.29, 1.82) is 0 Å². The van der Waals surface area contributed by atoms with Gasteiger partial charge in [-0.05, 0) is 13.0 Å². The topological polar surface area (TPSA) is 91.1 Å². The molecule has 0 aliphatic carbocycles. The molecule has 3 aromatic rings. The highest BCUT2D eigenvalue weighted by Crippen LogP contribution is 2.17. The number of aromatic nitrogens is 1. The molecule has 0 spiro atoms. The third-order valence-electron chi connectivity index (χ3n) is 3.64. The fourth-order valence-electron chi connectivity index (χ4n) is 2.33. The normalized spacial score (nSPS) is 10.4. The first-order valence-electron chi connectivity index (χ1n) is 7.34. The molecule has 0 unspecified atom stereocenters. The molecular formula is C18H15N3O3. The van der Waals surface area contributed by atoms with Crippen LogP contribution in [0.4, 0.5) is 0 Å². The summed E-state index contributed by atoms with van der Waals surface area (Å²) in [7, 11) is 0. The lowest BCUT2D eigenvalue weighted by atomic mass is 10.1. The molecule has 3 N–H and O–H groups in total. The van der Waals surface area contributed by atoms with E-state index in [2.05, 4.69) is 15.8 Å². The summed E-state index contributed by atoms with van der Waals surface area (Å²) >= 11 is 0. The van der Waals surface area contributed by atoms with E-state index >= 15 is 0 Å². The number of hydrogen-bond donors (Lipinski definition) is 3. The minimum atomic E-state index is -0.896. The van der Waals surface area contributed by atoms with E-state index in [1.807, 2.05) is 25.1 Å². The van der Waals surface area contributed by atoms with Crippen LogP contribution < -0.4 is 10.9 Å². The SMILES string of the molecule is Cc1ccc(C(=O)C(=O)NNC(=O)c2c[nH]c3ccccc23)cc1. The number of rotatable bonds is 3. The molecule has 2 amide bonds. The Labute approximate surface area is 137 Å². The molecule has 2 aromatic carbocycles. The molecule has 0 fully saturated rings. The molecule has 3 rings (SSSR count). The highest BCUT2D eigenvalue weighted by atomic mass is 16.2. The van der Waals surface area contributed by atoms with Crippen LogP contribution in [0, 0.1) is 6.92 Å². The number of aromatic amines is 1. The van der Waals surface area contributed by atoms with Crippen LogP contribution in [0.1, 0.15) is 26.3 Å². The van der Waals surface area contributed by atoms with E-state index < -0.39 is 17.6 Å². The van der Waals surface area contributed by atoms with Gasteiger partial charge in [-0.1, -0.05) is 48.0 Å². The van der Waals surface area contributed by atoms with Crippen molar-refractivity contribution < 1.29 is 14.4 Å². The average molecular weight is 321 g/mol. The van der Waals surface area contributed by atoms with Crippen molar-refractivity contribution in [3.05, 3.63) is 71.4 Å². The van der Waals surface area contributed by atoms with Gasteiger partial charge in [-0.15, -0.1) is 0 Å². The fraction of sp³-hybridized carbons (Fsp3) is 0.0556. The number of benzene rings is 2. The van der Waals surface area contributed by atoms with Crippen molar-refractivity contribution in [1.82, 2.24) is 15.8 Å². The van der Waals surface area contributed by atoms with Crippen molar-refractivity contribution in [2.75, 3.05) is 0 Å². The lowest BCUT2D eigenvalue weighted by Crippen LogP contribution is -2.44. The van der Waals surface area contributed by atoms with Crippen LogP contribution in [0.3, 0.4) is 0 Å². The van der Waals surface area contributed by atoms with Gasteiger partial charge in [0.05, 0.1) is 5.56 Å². The maximum absolute atomic E-state index is 12.2. The number of Topliss-reactive ketones (excluding diaryl/α,β-unsaturated/α-hetero) is 1. The van der Waals surface area contributed by atoms with Gasteiger partial charge >= 0.3 is 5.91 Å². The Kier molecular flexibility index (Phi) is 4.11. The minimum absolute atomic E-state index is 0.263. The Bertz CT molecular complexity index is 926. The van der Waals surface area contributed by atoms with E-state index in [1.54, 1.807) is 36.5 Å². The summed E-state index contributed by atoms with van der Waals surface area (Å²) in [6.07, 6.45) is 1.55. The van der Waals surface area contributed by atoms with E-state index in [-0.39, 0.29) is 5.56 Å². The second-order valence-corrected chi connectivity index (χ2v) is 5.35. The zero-order valence-electron chi connectivity index (χ0n) is 12.9. The van der Waals surface area contributed by atoms with Gasteiger partial charge < -0.3 is 4.98 Å². The smallest absolute Gasteiger partial charge is 0.310 e. The standard InChI is InChI=1S/C18H15N3O3/c1-11-6-8-12(9-7-11)16(22)18(24)21-20-17(23)14-10-19-15-5-3-2-4-13(14)15/h2-10,19H,1H3,(H,20,23)(H,21,24). The van der Waals surface area contributed by atoms with Gasteiger partial charge in [0, 0.05) is 22.7 Å². The van der Waals surface area contributed by atoms with Crippen molar-refractivity contribution in [2.45, 2.75) is 6.92 Å². The number of para-hydroxylation sites is 1. The van der Waals surface area contributed by atoms with Gasteiger partial charge in [-0.3, -0.25) is 25.2 Å². The molecular weight excluding hydrogens is 306 g/mol.